The number of hydroxylamine groups is 2. The standard InChI is InChI=1S/C11H9Cl3N2O2/c1-16-5-4-7-6-8(2-3-9(7)18-16)15-10(17)11(12,13)14/h2-6H,1H3,(H,15,17). The summed E-state index contributed by atoms with van der Waals surface area (Å²) < 4.78 is -1.98. The van der Waals surface area contributed by atoms with Crippen LogP contribution in [0.25, 0.3) is 6.08 Å². The van der Waals surface area contributed by atoms with Gasteiger partial charge in [-0.2, -0.15) is 0 Å². The SMILES string of the molecule is CN1C=Cc2cc(NC(=O)C(Cl)(Cl)Cl)ccc2O1. The summed E-state index contributed by atoms with van der Waals surface area (Å²) in [4.78, 5) is 16.9. The minimum absolute atomic E-state index is 0.530. The quantitative estimate of drug-likeness (QED) is 0.810. The molecule has 0 fully saturated rings. The summed E-state index contributed by atoms with van der Waals surface area (Å²) >= 11 is 16.4. The molecule has 1 N–H and O–H groups in total. The van der Waals surface area contributed by atoms with Crippen LogP contribution in [0, 0.1) is 0 Å². The lowest BCUT2D eigenvalue weighted by Crippen LogP contribution is -2.27. The molecule has 96 valence electrons. The maximum Gasteiger partial charge on any atom is 0.276 e. The smallest absolute Gasteiger partial charge is 0.276 e. The van der Waals surface area contributed by atoms with E-state index in [0.717, 1.165) is 5.56 Å². The second-order valence-electron chi connectivity index (χ2n) is 3.66. The van der Waals surface area contributed by atoms with Gasteiger partial charge in [0.15, 0.2) is 5.75 Å². The molecule has 0 saturated heterocycles. The molecule has 7 heteroatoms. The van der Waals surface area contributed by atoms with Crippen LogP contribution in [-0.4, -0.2) is 21.8 Å². The Kier molecular flexibility index (Phi) is 3.61. The molecule has 1 heterocycles. The Labute approximate surface area is 119 Å². The highest BCUT2D eigenvalue weighted by molar-refractivity contribution is 6.76. The van der Waals surface area contributed by atoms with Crippen molar-refractivity contribution in [3.8, 4) is 5.75 Å². The molecule has 0 unspecified atom stereocenters. The van der Waals surface area contributed by atoms with Gasteiger partial charge in [-0.25, -0.2) is 5.06 Å². The largest absolute Gasteiger partial charge is 0.380 e. The van der Waals surface area contributed by atoms with Crippen molar-refractivity contribution in [1.82, 2.24) is 5.06 Å². The zero-order chi connectivity index (χ0) is 13.3. The number of benzene rings is 1. The molecule has 18 heavy (non-hydrogen) atoms. The normalized spacial score (nSPS) is 13.9. The molecule has 4 nitrogen and oxygen atoms in total. The van der Waals surface area contributed by atoms with Crippen LogP contribution in [-0.2, 0) is 4.79 Å². The highest BCUT2D eigenvalue weighted by Gasteiger charge is 2.30. The fourth-order valence-electron chi connectivity index (χ4n) is 1.41. The van der Waals surface area contributed by atoms with Crippen LogP contribution < -0.4 is 10.2 Å². The number of carbonyl (C=O) groups is 1. The number of halogens is 3. The molecule has 1 aromatic carbocycles. The maximum absolute atomic E-state index is 11.5. The minimum Gasteiger partial charge on any atom is -0.380 e. The highest BCUT2D eigenvalue weighted by atomic mass is 35.6. The van der Waals surface area contributed by atoms with Crippen molar-refractivity contribution in [1.29, 1.82) is 0 Å². The zero-order valence-electron chi connectivity index (χ0n) is 9.28. The van der Waals surface area contributed by atoms with Crippen molar-refractivity contribution in [2.24, 2.45) is 0 Å². The van der Waals surface area contributed by atoms with Gasteiger partial charge in [-0.15, -0.1) is 0 Å². The highest BCUT2D eigenvalue weighted by Crippen LogP contribution is 2.30. The topological polar surface area (TPSA) is 41.6 Å². The number of rotatable bonds is 1. The van der Waals surface area contributed by atoms with Crippen molar-refractivity contribution >= 4 is 52.5 Å². The molecule has 0 saturated carbocycles. The predicted octanol–water partition coefficient (Wildman–Crippen LogP) is 3.21. The monoisotopic (exact) mass is 306 g/mol. The van der Waals surface area contributed by atoms with Crippen molar-refractivity contribution in [2.45, 2.75) is 3.79 Å². The molecule has 0 aromatic heterocycles. The molecule has 1 aliphatic heterocycles. The Morgan fingerprint density at radius 3 is 2.78 bits per heavy atom. The Bertz CT molecular complexity index is 512. The number of anilines is 1. The van der Waals surface area contributed by atoms with Gasteiger partial charge in [0.25, 0.3) is 9.70 Å². The second-order valence-corrected chi connectivity index (χ2v) is 5.94. The number of hydrogen-bond acceptors (Lipinski definition) is 3. The van der Waals surface area contributed by atoms with Gasteiger partial charge in [-0.3, -0.25) is 4.79 Å². The number of hydrogen-bond donors (Lipinski definition) is 1. The molecule has 0 aliphatic carbocycles. The maximum atomic E-state index is 11.5. The predicted molar refractivity (Wildman–Crippen MR) is 72.8 cm³/mol. The third-order valence-corrected chi connectivity index (χ3v) is 2.75. The van der Waals surface area contributed by atoms with E-state index in [4.69, 9.17) is 39.6 Å². The number of nitrogens with zero attached hydrogens (tertiary/aromatic N) is 1. The van der Waals surface area contributed by atoms with Crippen LogP contribution >= 0.6 is 34.8 Å². The molecule has 2 rings (SSSR count). The van der Waals surface area contributed by atoms with Crippen LogP contribution in [0.1, 0.15) is 5.56 Å². The summed E-state index contributed by atoms with van der Waals surface area (Å²) in [5.41, 5.74) is 1.36. The average molecular weight is 308 g/mol. The number of alkyl halides is 3. The van der Waals surface area contributed by atoms with E-state index < -0.39 is 9.70 Å². The van der Waals surface area contributed by atoms with Crippen LogP contribution in [0.5, 0.6) is 5.75 Å². The molecule has 1 amide bonds. The Hall–Kier alpha value is -1.10. The first kappa shape index (κ1) is 13.3. The van der Waals surface area contributed by atoms with E-state index in [1.165, 1.54) is 0 Å². The van der Waals surface area contributed by atoms with E-state index >= 15 is 0 Å². The van der Waals surface area contributed by atoms with E-state index in [9.17, 15) is 4.79 Å². The van der Waals surface area contributed by atoms with E-state index in [1.54, 1.807) is 36.5 Å². The van der Waals surface area contributed by atoms with Gasteiger partial charge in [0.1, 0.15) is 0 Å². The average Bonchev–Trinajstić information content (AvgIpc) is 2.28. The van der Waals surface area contributed by atoms with Crippen LogP contribution in [0.4, 0.5) is 5.69 Å². The van der Waals surface area contributed by atoms with E-state index in [2.05, 4.69) is 5.32 Å². The van der Waals surface area contributed by atoms with Gasteiger partial charge in [0.05, 0.1) is 0 Å². The summed E-state index contributed by atoms with van der Waals surface area (Å²) in [5, 5.41) is 4.08. The van der Waals surface area contributed by atoms with Crippen LogP contribution in [0.15, 0.2) is 24.4 Å². The fourth-order valence-corrected chi connectivity index (χ4v) is 1.55. The summed E-state index contributed by atoms with van der Waals surface area (Å²) in [6, 6.07) is 5.12. The Morgan fingerprint density at radius 2 is 2.11 bits per heavy atom. The van der Waals surface area contributed by atoms with Gasteiger partial charge >= 0.3 is 0 Å². The first-order valence-electron chi connectivity index (χ1n) is 4.97. The zero-order valence-corrected chi connectivity index (χ0v) is 11.6. The van der Waals surface area contributed by atoms with Crippen LogP contribution in [0.2, 0.25) is 0 Å². The number of nitrogens with one attached hydrogen (secondary N) is 1. The van der Waals surface area contributed by atoms with Gasteiger partial charge in [0.2, 0.25) is 0 Å². The minimum atomic E-state index is -1.98. The summed E-state index contributed by atoms with van der Waals surface area (Å²) in [5.74, 6) is -0.0165. The van der Waals surface area contributed by atoms with E-state index in [-0.39, 0.29) is 0 Å². The van der Waals surface area contributed by atoms with Crippen molar-refractivity contribution < 1.29 is 9.63 Å². The van der Waals surface area contributed by atoms with Gasteiger partial charge in [-0.05, 0) is 24.3 Å². The number of fused-ring (bicyclic) bond motifs is 1. The van der Waals surface area contributed by atoms with Gasteiger partial charge < -0.3 is 10.2 Å². The van der Waals surface area contributed by atoms with Crippen molar-refractivity contribution in [3.63, 3.8) is 0 Å². The second kappa shape index (κ2) is 4.88. The third kappa shape index (κ3) is 3.02. The molecule has 0 atom stereocenters. The Morgan fingerprint density at radius 1 is 1.39 bits per heavy atom. The van der Waals surface area contributed by atoms with Gasteiger partial charge in [0, 0.05) is 24.5 Å². The summed E-state index contributed by atoms with van der Waals surface area (Å²) in [6.45, 7) is 0. The molecule has 0 radical (unpaired) electrons. The summed E-state index contributed by atoms with van der Waals surface area (Å²) in [6.07, 6.45) is 3.60. The van der Waals surface area contributed by atoms with E-state index in [1.807, 2.05) is 6.08 Å². The third-order valence-electron chi connectivity index (χ3n) is 2.23. The van der Waals surface area contributed by atoms with Crippen molar-refractivity contribution in [2.75, 3.05) is 12.4 Å². The molecule has 1 aromatic rings. The van der Waals surface area contributed by atoms with Crippen molar-refractivity contribution in [3.05, 3.63) is 30.0 Å². The lowest BCUT2D eigenvalue weighted by Gasteiger charge is -2.21. The Balaban J connectivity index is 2.19. The molecule has 0 spiro atoms. The fraction of sp³-hybridized carbons (Fsp3) is 0.182. The number of carbonyl (C=O) groups excluding carboxylic acids is 1. The van der Waals surface area contributed by atoms with Crippen LogP contribution in [0.3, 0.4) is 0 Å². The first-order chi connectivity index (χ1) is 8.36. The molecule has 0 bridgehead atoms. The summed E-state index contributed by atoms with van der Waals surface area (Å²) in [7, 11) is 1.78. The molecular weight excluding hydrogens is 298 g/mol. The molecule has 1 aliphatic rings. The van der Waals surface area contributed by atoms with Gasteiger partial charge in [-0.1, -0.05) is 34.8 Å². The first-order valence-corrected chi connectivity index (χ1v) is 6.11. The van der Waals surface area contributed by atoms with E-state index in [0.29, 0.717) is 11.4 Å². The molecular formula is C11H9Cl3N2O2. The number of amides is 1. The lowest BCUT2D eigenvalue weighted by molar-refractivity contribution is -0.115. The lowest BCUT2D eigenvalue weighted by atomic mass is 10.1.